The number of esters is 1. The minimum absolute atomic E-state index is 0.281. The van der Waals surface area contributed by atoms with Gasteiger partial charge in [-0.3, -0.25) is 0 Å². The molecule has 0 spiro atoms. The molecule has 0 bridgehead atoms. The van der Waals surface area contributed by atoms with E-state index in [0.717, 1.165) is 24.2 Å². The van der Waals surface area contributed by atoms with Crippen LogP contribution in [0.4, 0.5) is 0 Å². The average Bonchev–Trinajstić information content (AvgIpc) is 2.54. The normalized spacial score (nSPS) is 12.3. The van der Waals surface area contributed by atoms with Gasteiger partial charge in [-0.2, -0.15) is 0 Å². The molecule has 0 saturated carbocycles. The highest BCUT2D eigenvalue weighted by Crippen LogP contribution is 2.15. The highest BCUT2D eigenvalue weighted by molar-refractivity contribution is 5.87. The second-order valence-electron chi connectivity index (χ2n) is 5.39. The summed E-state index contributed by atoms with van der Waals surface area (Å²) in [6, 6.07) is 7.65. The average molecular weight is 304 g/mol. The lowest BCUT2D eigenvalue weighted by Gasteiger charge is -2.13. The summed E-state index contributed by atoms with van der Waals surface area (Å²) >= 11 is 0. The lowest BCUT2D eigenvalue weighted by molar-refractivity contribution is -0.139. The molecule has 1 aromatic carbocycles. The van der Waals surface area contributed by atoms with Gasteiger partial charge in [-0.05, 0) is 43.0 Å². The van der Waals surface area contributed by atoms with Crippen LogP contribution >= 0.6 is 0 Å². The Hall–Kier alpha value is -1.77. The largest absolute Gasteiger partial charge is 0.494 e. The zero-order valence-electron chi connectivity index (χ0n) is 14.0. The summed E-state index contributed by atoms with van der Waals surface area (Å²) in [5, 5.41) is 0. The molecule has 1 aromatic rings. The van der Waals surface area contributed by atoms with Crippen LogP contribution in [-0.4, -0.2) is 19.2 Å². The summed E-state index contributed by atoms with van der Waals surface area (Å²) in [4.78, 5) is 11.8. The number of rotatable bonds is 10. The number of benzene rings is 1. The van der Waals surface area contributed by atoms with Crippen LogP contribution in [0.15, 0.2) is 30.3 Å². The van der Waals surface area contributed by atoms with Crippen molar-refractivity contribution in [2.24, 2.45) is 5.92 Å². The summed E-state index contributed by atoms with van der Waals surface area (Å²) in [7, 11) is 0. The van der Waals surface area contributed by atoms with Crippen LogP contribution in [-0.2, 0) is 9.53 Å². The van der Waals surface area contributed by atoms with E-state index in [0.29, 0.717) is 19.1 Å². The SMILES string of the molecule is CCCCC(CC)COC(=O)C=Cc1cccc(OCC)c1. The van der Waals surface area contributed by atoms with Crippen molar-refractivity contribution in [2.75, 3.05) is 13.2 Å². The molecule has 22 heavy (non-hydrogen) atoms. The highest BCUT2D eigenvalue weighted by Gasteiger charge is 2.08. The first-order valence-electron chi connectivity index (χ1n) is 8.27. The molecule has 0 fully saturated rings. The number of carbonyl (C=O) groups excluding carboxylic acids is 1. The maximum Gasteiger partial charge on any atom is 0.330 e. The Balaban J connectivity index is 2.45. The maximum atomic E-state index is 11.8. The monoisotopic (exact) mass is 304 g/mol. The summed E-state index contributed by atoms with van der Waals surface area (Å²) < 4.78 is 10.8. The molecule has 122 valence electrons. The van der Waals surface area contributed by atoms with Gasteiger partial charge in [0.1, 0.15) is 5.75 Å². The Bertz CT molecular complexity index is 466. The van der Waals surface area contributed by atoms with Crippen LogP contribution in [0.3, 0.4) is 0 Å². The van der Waals surface area contributed by atoms with Crippen LogP contribution in [0.2, 0.25) is 0 Å². The third-order valence-corrected chi connectivity index (χ3v) is 3.59. The number of ether oxygens (including phenoxy) is 2. The van der Waals surface area contributed by atoms with Crippen molar-refractivity contribution in [1.82, 2.24) is 0 Å². The number of unbranched alkanes of at least 4 members (excludes halogenated alkanes) is 1. The van der Waals surface area contributed by atoms with Gasteiger partial charge in [0.2, 0.25) is 0 Å². The molecule has 1 unspecified atom stereocenters. The van der Waals surface area contributed by atoms with E-state index in [1.165, 1.54) is 18.9 Å². The lowest BCUT2D eigenvalue weighted by Crippen LogP contribution is -2.12. The Labute approximate surface area is 134 Å². The smallest absolute Gasteiger partial charge is 0.330 e. The van der Waals surface area contributed by atoms with Gasteiger partial charge in [-0.25, -0.2) is 4.79 Å². The van der Waals surface area contributed by atoms with E-state index in [1.807, 2.05) is 31.2 Å². The van der Waals surface area contributed by atoms with E-state index >= 15 is 0 Å². The molecule has 1 rings (SSSR count). The standard InChI is InChI=1S/C19H28O3/c1-4-7-9-16(5-2)15-22-19(20)13-12-17-10-8-11-18(14-17)21-6-3/h8,10-14,16H,4-7,9,15H2,1-3H3. The zero-order valence-corrected chi connectivity index (χ0v) is 14.0. The van der Waals surface area contributed by atoms with Gasteiger partial charge in [0.15, 0.2) is 0 Å². The molecule has 0 aliphatic heterocycles. The topological polar surface area (TPSA) is 35.5 Å². The van der Waals surface area contributed by atoms with E-state index in [2.05, 4.69) is 13.8 Å². The van der Waals surface area contributed by atoms with Gasteiger partial charge in [0.05, 0.1) is 13.2 Å². The first kappa shape index (κ1) is 18.3. The molecule has 3 heteroatoms. The molecule has 3 nitrogen and oxygen atoms in total. The first-order chi connectivity index (χ1) is 10.7. The van der Waals surface area contributed by atoms with E-state index < -0.39 is 0 Å². The van der Waals surface area contributed by atoms with Gasteiger partial charge in [0, 0.05) is 6.08 Å². The van der Waals surface area contributed by atoms with Crippen LogP contribution in [0.5, 0.6) is 5.75 Å². The predicted molar refractivity (Wildman–Crippen MR) is 90.9 cm³/mol. The number of hydrogen-bond acceptors (Lipinski definition) is 3. The summed E-state index contributed by atoms with van der Waals surface area (Å²) in [5.41, 5.74) is 0.931. The van der Waals surface area contributed by atoms with Gasteiger partial charge in [0.25, 0.3) is 0 Å². The molecule has 0 aliphatic rings. The number of carbonyl (C=O) groups is 1. The second-order valence-corrected chi connectivity index (χ2v) is 5.39. The summed E-state index contributed by atoms with van der Waals surface area (Å²) in [6.07, 6.45) is 7.79. The number of hydrogen-bond donors (Lipinski definition) is 0. The first-order valence-corrected chi connectivity index (χ1v) is 8.27. The van der Waals surface area contributed by atoms with E-state index in [-0.39, 0.29) is 5.97 Å². The fraction of sp³-hybridized carbons (Fsp3) is 0.526. The maximum absolute atomic E-state index is 11.8. The molecule has 0 saturated heterocycles. The summed E-state index contributed by atoms with van der Waals surface area (Å²) in [6.45, 7) is 7.41. The fourth-order valence-electron chi connectivity index (χ4n) is 2.19. The third-order valence-electron chi connectivity index (χ3n) is 3.59. The van der Waals surface area contributed by atoms with Crippen molar-refractivity contribution in [2.45, 2.75) is 46.5 Å². The summed E-state index contributed by atoms with van der Waals surface area (Å²) in [5.74, 6) is 0.999. The molecule has 0 aromatic heterocycles. The Morgan fingerprint density at radius 2 is 2.09 bits per heavy atom. The molecule has 0 aliphatic carbocycles. The zero-order chi connectivity index (χ0) is 16.2. The third kappa shape index (κ3) is 7.30. The van der Waals surface area contributed by atoms with E-state index in [1.54, 1.807) is 6.08 Å². The lowest BCUT2D eigenvalue weighted by atomic mass is 10.0. The molecular weight excluding hydrogens is 276 g/mol. The molecule has 0 amide bonds. The Morgan fingerprint density at radius 3 is 2.77 bits per heavy atom. The van der Waals surface area contributed by atoms with Gasteiger partial charge in [-0.15, -0.1) is 0 Å². The molecule has 0 N–H and O–H groups in total. The second kappa shape index (κ2) is 10.9. The van der Waals surface area contributed by atoms with Gasteiger partial charge in [-0.1, -0.05) is 45.2 Å². The molecule has 0 heterocycles. The Morgan fingerprint density at radius 1 is 1.27 bits per heavy atom. The van der Waals surface area contributed by atoms with Crippen molar-refractivity contribution in [1.29, 1.82) is 0 Å². The van der Waals surface area contributed by atoms with Crippen molar-refractivity contribution in [3.63, 3.8) is 0 Å². The molecular formula is C19H28O3. The predicted octanol–water partition coefficient (Wildman–Crippen LogP) is 4.86. The van der Waals surface area contributed by atoms with E-state index in [4.69, 9.17) is 9.47 Å². The molecule has 1 atom stereocenters. The minimum Gasteiger partial charge on any atom is -0.494 e. The van der Waals surface area contributed by atoms with Crippen molar-refractivity contribution in [3.05, 3.63) is 35.9 Å². The van der Waals surface area contributed by atoms with Crippen LogP contribution < -0.4 is 4.74 Å². The van der Waals surface area contributed by atoms with Crippen molar-refractivity contribution >= 4 is 12.0 Å². The van der Waals surface area contributed by atoms with E-state index in [9.17, 15) is 4.79 Å². The quantitative estimate of drug-likeness (QED) is 0.457. The molecule has 0 radical (unpaired) electrons. The van der Waals surface area contributed by atoms with Crippen LogP contribution in [0.25, 0.3) is 6.08 Å². The van der Waals surface area contributed by atoms with Crippen LogP contribution in [0, 0.1) is 5.92 Å². The Kier molecular flexibility index (Phi) is 9.04. The fourth-order valence-corrected chi connectivity index (χ4v) is 2.19. The van der Waals surface area contributed by atoms with Crippen LogP contribution in [0.1, 0.15) is 52.0 Å². The van der Waals surface area contributed by atoms with Crippen molar-refractivity contribution < 1.29 is 14.3 Å². The van der Waals surface area contributed by atoms with Crippen molar-refractivity contribution in [3.8, 4) is 5.75 Å². The van der Waals surface area contributed by atoms with Gasteiger partial charge < -0.3 is 9.47 Å². The van der Waals surface area contributed by atoms with Gasteiger partial charge >= 0.3 is 5.97 Å². The minimum atomic E-state index is -0.281. The highest BCUT2D eigenvalue weighted by atomic mass is 16.5.